The normalized spacial score (nSPS) is 10.5. The molecule has 0 aliphatic rings. The number of benzene rings is 2. The summed E-state index contributed by atoms with van der Waals surface area (Å²) in [5.41, 5.74) is 8.26. The highest BCUT2D eigenvalue weighted by Gasteiger charge is 2.11. The molecule has 3 rings (SSSR count). The molecular weight excluding hydrogens is 313 g/mol. The third kappa shape index (κ3) is 3.73. The van der Waals surface area contributed by atoms with E-state index < -0.39 is 5.82 Å². The number of carbonyl (C=O) groups excluding carboxylic acids is 1. The molecule has 0 aliphatic heterocycles. The molecule has 3 N–H and O–H groups in total. The molecule has 0 atom stereocenters. The van der Waals surface area contributed by atoms with Gasteiger partial charge in [0.25, 0.3) is 0 Å². The van der Waals surface area contributed by atoms with E-state index >= 15 is 0 Å². The van der Waals surface area contributed by atoms with Gasteiger partial charge in [-0.3, -0.25) is 4.79 Å². The Hall–Kier alpha value is -2.73. The fourth-order valence-electron chi connectivity index (χ4n) is 2.07. The number of para-hydroxylation sites is 1. The van der Waals surface area contributed by atoms with Gasteiger partial charge in [0.1, 0.15) is 10.8 Å². The van der Waals surface area contributed by atoms with Crippen LogP contribution in [-0.4, -0.2) is 10.9 Å². The molecule has 3 aromatic rings. The molecule has 1 heterocycles. The molecule has 23 heavy (non-hydrogen) atoms. The Bertz CT molecular complexity index is 830. The van der Waals surface area contributed by atoms with Crippen LogP contribution in [0.5, 0.6) is 0 Å². The summed E-state index contributed by atoms with van der Waals surface area (Å²) < 4.78 is 13.5. The van der Waals surface area contributed by atoms with Crippen molar-refractivity contribution in [3.8, 4) is 11.3 Å². The minimum absolute atomic E-state index is 0.105. The minimum Gasteiger partial charge on any atom is -0.399 e. The van der Waals surface area contributed by atoms with Crippen LogP contribution in [0, 0.1) is 5.82 Å². The number of thiazole rings is 1. The maximum absolute atomic E-state index is 13.5. The van der Waals surface area contributed by atoms with E-state index in [0.717, 1.165) is 11.3 Å². The lowest BCUT2D eigenvalue weighted by Crippen LogP contribution is -2.15. The molecule has 116 valence electrons. The van der Waals surface area contributed by atoms with Crippen molar-refractivity contribution >= 4 is 28.6 Å². The van der Waals surface area contributed by atoms with Gasteiger partial charge in [0, 0.05) is 16.6 Å². The quantitative estimate of drug-likeness (QED) is 0.718. The van der Waals surface area contributed by atoms with E-state index in [-0.39, 0.29) is 18.0 Å². The zero-order valence-electron chi connectivity index (χ0n) is 12.1. The molecule has 2 aromatic carbocycles. The lowest BCUT2D eigenvalue weighted by Gasteiger charge is -2.04. The van der Waals surface area contributed by atoms with E-state index in [4.69, 9.17) is 5.73 Å². The maximum atomic E-state index is 13.5. The summed E-state index contributed by atoms with van der Waals surface area (Å²) in [6, 6.07) is 13.4. The standard InChI is InChI=1S/C17H14FN3OS/c18-13-3-1-2-4-14(13)20-16(22)9-17-21-15(10-23-17)11-5-7-12(19)8-6-11/h1-8,10H,9,19H2,(H,20,22). The predicted molar refractivity (Wildman–Crippen MR) is 90.7 cm³/mol. The van der Waals surface area contributed by atoms with E-state index in [2.05, 4.69) is 10.3 Å². The summed E-state index contributed by atoms with van der Waals surface area (Å²) in [5, 5.41) is 5.11. The topological polar surface area (TPSA) is 68.0 Å². The number of carbonyl (C=O) groups is 1. The summed E-state index contributed by atoms with van der Waals surface area (Å²) in [6.07, 6.45) is 0.105. The molecule has 0 saturated heterocycles. The molecule has 6 heteroatoms. The fraction of sp³-hybridized carbons (Fsp3) is 0.0588. The summed E-state index contributed by atoms with van der Waals surface area (Å²) in [7, 11) is 0. The molecule has 1 aromatic heterocycles. The SMILES string of the molecule is Nc1ccc(-c2csc(CC(=O)Nc3ccccc3F)n2)cc1. The van der Waals surface area contributed by atoms with Gasteiger partial charge in [0.2, 0.25) is 5.91 Å². The second-order valence-electron chi connectivity index (χ2n) is 4.95. The van der Waals surface area contributed by atoms with Crippen molar-refractivity contribution in [2.45, 2.75) is 6.42 Å². The zero-order chi connectivity index (χ0) is 16.2. The number of nitrogens with two attached hydrogens (primary N) is 1. The number of nitrogens with zero attached hydrogens (tertiary/aromatic N) is 1. The van der Waals surface area contributed by atoms with Crippen molar-refractivity contribution in [2.24, 2.45) is 0 Å². The average molecular weight is 327 g/mol. The molecule has 0 fully saturated rings. The Morgan fingerprint density at radius 3 is 2.65 bits per heavy atom. The molecule has 0 aliphatic carbocycles. The predicted octanol–water partition coefficient (Wildman–Crippen LogP) is 3.71. The number of halogens is 1. The smallest absolute Gasteiger partial charge is 0.231 e. The molecule has 4 nitrogen and oxygen atoms in total. The van der Waals surface area contributed by atoms with E-state index in [9.17, 15) is 9.18 Å². The van der Waals surface area contributed by atoms with Gasteiger partial charge in [0.15, 0.2) is 0 Å². The van der Waals surface area contributed by atoms with Crippen LogP contribution in [0.25, 0.3) is 11.3 Å². The van der Waals surface area contributed by atoms with Crippen LogP contribution in [0.3, 0.4) is 0 Å². The van der Waals surface area contributed by atoms with Crippen LogP contribution < -0.4 is 11.1 Å². The van der Waals surface area contributed by atoms with Crippen molar-refractivity contribution in [3.63, 3.8) is 0 Å². The van der Waals surface area contributed by atoms with E-state index in [0.29, 0.717) is 10.7 Å². The number of amides is 1. The monoisotopic (exact) mass is 327 g/mol. The van der Waals surface area contributed by atoms with Crippen LogP contribution in [0.15, 0.2) is 53.9 Å². The highest BCUT2D eigenvalue weighted by molar-refractivity contribution is 7.10. The maximum Gasteiger partial charge on any atom is 0.231 e. The van der Waals surface area contributed by atoms with Gasteiger partial charge < -0.3 is 11.1 Å². The Morgan fingerprint density at radius 2 is 1.91 bits per heavy atom. The second kappa shape index (κ2) is 6.58. The minimum atomic E-state index is -0.456. The lowest BCUT2D eigenvalue weighted by molar-refractivity contribution is -0.115. The van der Waals surface area contributed by atoms with Crippen molar-refractivity contribution in [2.75, 3.05) is 11.1 Å². The Labute approximate surface area is 136 Å². The third-order valence-electron chi connectivity index (χ3n) is 3.22. The number of rotatable bonds is 4. The van der Waals surface area contributed by atoms with Crippen molar-refractivity contribution in [1.29, 1.82) is 0 Å². The average Bonchev–Trinajstić information content (AvgIpc) is 2.98. The Morgan fingerprint density at radius 1 is 1.17 bits per heavy atom. The van der Waals surface area contributed by atoms with E-state index in [1.165, 1.54) is 23.5 Å². The van der Waals surface area contributed by atoms with Gasteiger partial charge >= 0.3 is 0 Å². The van der Waals surface area contributed by atoms with Gasteiger partial charge in [-0.1, -0.05) is 24.3 Å². The first kappa shape index (κ1) is 15.2. The summed E-state index contributed by atoms with van der Waals surface area (Å²) in [6.45, 7) is 0. The first-order chi connectivity index (χ1) is 11.1. The van der Waals surface area contributed by atoms with Crippen LogP contribution >= 0.6 is 11.3 Å². The highest BCUT2D eigenvalue weighted by Crippen LogP contribution is 2.23. The second-order valence-corrected chi connectivity index (χ2v) is 5.90. The summed E-state index contributed by atoms with van der Waals surface area (Å²) in [5.74, 6) is -0.754. The number of aromatic nitrogens is 1. The third-order valence-corrected chi connectivity index (χ3v) is 4.07. The first-order valence-corrected chi connectivity index (χ1v) is 7.84. The van der Waals surface area contributed by atoms with Crippen LogP contribution in [0.1, 0.15) is 5.01 Å². The van der Waals surface area contributed by atoms with Gasteiger partial charge in [0.05, 0.1) is 17.8 Å². The molecule has 0 saturated carbocycles. The van der Waals surface area contributed by atoms with Crippen molar-refractivity contribution in [3.05, 3.63) is 64.7 Å². The van der Waals surface area contributed by atoms with E-state index in [1.54, 1.807) is 24.3 Å². The zero-order valence-corrected chi connectivity index (χ0v) is 12.9. The number of nitrogen functional groups attached to an aromatic ring is 1. The Kier molecular flexibility index (Phi) is 4.34. The summed E-state index contributed by atoms with van der Waals surface area (Å²) >= 11 is 1.39. The number of hydrogen-bond acceptors (Lipinski definition) is 4. The molecule has 1 amide bonds. The lowest BCUT2D eigenvalue weighted by atomic mass is 10.1. The first-order valence-electron chi connectivity index (χ1n) is 6.96. The highest BCUT2D eigenvalue weighted by atomic mass is 32.1. The van der Waals surface area contributed by atoms with Crippen LogP contribution in [0.2, 0.25) is 0 Å². The molecule has 0 unspecified atom stereocenters. The van der Waals surface area contributed by atoms with Gasteiger partial charge in [-0.2, -0.15) is 0 Å². The fourth-order valence-corrected chi connectivity index (χ4v) is 2.87. The van der Waals surface area contributed by atoms with Gasteiger partial charge in [-0.25, -0.2) is 9.37 Å². The van der Waals surface area contributed by atoms with E-state index in [1.807, 2.05) is 17.5 Å². The summed E-state index contributed by atoms with van der Waals surface area (Å²) in [4.78, 5) is 16.4. The molecule has 0 radical (unpaired) electrons. The molecule has 0 bridgehead atoms. The number of anilines is 2. The Balaban J connectivity index is 1.68. The van der Waals surface area contributed by atoms with Gasteiger partial charge in [-0.15, -0.1) is 11.3 Å². The van der Waals surface area contributed by atoms with Crippen LogP contribution in [0.4, 0.5) is 15.8 Å². The molecular formula is C17H14FN3OS. The van der Waals surface area contributed by atoms with Crippen molar-refractivity contribution in [1.82, 2.24) is 4.98 Å². The van der Waals surface area contributed by atoms with Crippen LogP contribution in [-0.2, 0) is 11.2 Å². The van der Waals surface area contributed by atoms with Crippen molar-refractivity contribution < 1.29 is 9.18 Å². The van der Waals surface area contributed by atoms with Gasteiger partial charge in [-0.05, 0) is 24.3 Å². The number of nitrogens with one attached hydrogen (secondary N) is 1. The number of hydrogen-bond donors (Lipinski definition) is 2. The molecule has 0 spiro atoms. The largest absolute Gasteiger partial charge is 0.399 e.